The van der Waals surface area contributed by atoms with E-state index in [1.165, 1.54) is 10.5 Å². The van der Waals surface area contributed by atoms with Crippen LogP contribution in [0.4, 0.5) is 4.79 Å². The average molecular weight is 441 g/mol. The predicted octanol–water partition coefficient (Wildman–Crippen LogP) is 0.902. The van der Waals surface area contributed by atoms with E-state index in [2.05, 4.69) is 39.4 Å². The lowest BCUT2D eigenvalue weighted by atomic mass is 10.1. The molecule has 2 saturated heterocycles. The summed E-state index contributed by atoms with van der Waals surface area (Å²) in [5.41, 5.74) is 1.20. The minimum absolute atomic E-state index is 0.293. The Labute approximate surface area is 189 Å². The second kappa shape index (κ2) is 10.1. The second-order valence-corrected chi connectivity index (χ2v) is 8.18. The number of carbonyl (C=O) groups is 2. The highest BCUT2D eigenvalue weighted by Gasteiger charge is 2.49. The van der Waals surface area contributed by atoms with Gasteiger partial charge >= 0.3 is 6.03 Å². The molecular formula is C23H32N6O3. The molecule has 0 aromatic heterocycles. The fourth-order valence-electron chi connectivity index (χ4n) is 4.35. The SMILES string of the molecule is CCOCCN1C(N2CCN(C/C=C\c3ccccc3)CC2)=NC2C1C(=O)NC(=O)N2C. The van der Waals surface area contributed by atoms with E-state index < -0.39 is 18.2 Å². The highest BCUT2D eigenvalue weighted by atomic mass is 16.5. The Morgan fingerprint density at radius 3 is 2.62 bits per heavy atom. The molecule has 0 aliphatic carbocycles. The van der Waals surface area contributed by atoms with E-state index in [0.29, 0.717) is 19.8 Å². The number of amides is 3. The topological polar surface area (TPSA) is 80.7 Å². The summed E-state index contributed by atoms with van der Waals surface area (Å²) in [5.74, 6) is 0.494. The number of hydrogen-bond donors (Lipinski definition) is 1. The smallest absolute Gasteiger partial charge is 0.325 e. The minimum atomic E-state index is -0.514. The first-order chi connectivity index (χ1) is 15.6. The van der Waals surface area contributed by atoms with Crippen molar-refractivity contribution in [3.63, 3.8) is 0 Å². The molecule has 2 fully saturated rings. The van der Waals surface area contributed by atoms with Crippen molar-refractivity contribution in [2.45, 2.75) is 19.1 Å². The monoisotopic (exact) mass is 440 g/mol. The van der Waals surface area contributed by atoms with Crippen molar-refractivity contribution < 1.29 is 14.3 Å². The Bertz CT molecular complexity index is 866. The normalized spacial score (nSPS) is 24.2. The van der Waals surface area contributed by atoms with E-state index in [4.69, 9.17) is 9.73 Å². The third-order valence-electron chi connectivity index (χ3n) is 6.15. The van der Waals surface area contributed by atoms with Crippen LogP contribution >= 0.6 is 0 Å². The van der Waals surface area contributed by atoms with Crippen molar-refractivity contribution in [2.75, 3.05) is 59.5 Å². The number of fused-ring (bicyclic) bond motifs is 1. The second-order valence-electron chi connectivity index (χ2n) is 8.18. The van der Waals surface area contributed by atoms with Crippen LogP contribution in [0.2, 0.25) is 0 Å². The van der Waals surface area contributed by atoms with Gasteiger partial charge in [-0.15, -0.1) is 0 Å². The molecule has 3 aliphatic rings. The molecule has 32 heavy (non-hydrogen) atoms. The lowest BCUT2D eigenvalue weighted by molar-refractivity contribution is -0.127. The number of hydrogen-bond acceptors (Lipinski definition) is 7. The van der Waals surface area contributed by atoms with Crippen LogP contribution in [0, 0.1) is 0 Å². The number of likely N-dealkylation sites (N-methyl/N-ethyl adjacent to an activating group) is 1. The van der Waals surface area contributed by atoms with E-state index in [-0.39, 0.29) is 5.91 Å². The Balaban J connectivity index is 1.39. The molecule has 4 rings (SSSR count). The molecule has 3 aliphatic heterocycles. The lowest BCUT2D eigenvalue weighted by Gasteiger charge is -2.40. The van der Waals surface area contributed by atoms with Gasteiger partial charge in [0, 0.05) is 52.9 Å². The zero-order valence-corrected chi connectivity index (χ0v) is 18.8. The summed E-state index contributed by atoms with van der Waals surface area (Å²) in [6.45, 7) is 8.00. The number of guanidine groups is 1. The molecule has 1 aromatic rings. The van der Waals surface area contributed by atoms with Gasteiger partial charge in [0.05, 0.1) is 6.61 Å². The number of benzene rings is 1. The molecule has 0 saturated carbocycles. The van der Waals surface area contributed by atoms with Crippen LogP contribution in [-0.2, 0) is 9.53 Å². The summed E-state index contributed by atoms with van der Waals surface area (Å²) in [5, 5.41) is 2.45. The van der Waals surface area contributed by atoms with E-state index in [9.17, 15) is 9.59 Å². The first-order valence-corrected chi connectivity index (χ1v) is 11.3. The Morgan fingerprint density at radius 2 is 1.91 bits per heavy atom. The highest BCUT2D eigenvalue weighted by Crippen LogP contribution is 2.25. The molecule has 1 aromatic carbocycles. The summed E-state index contributed by atoms with van der Waals surface area (Å²) in [7, 11) is 1.68. The molecule has 9 nitrogen and oxygen atoms in total. The fraction of sp³-hybridized carbons (Fsp3) is 0.522. The van der Waals surface area contributed by atoms with Gasteiger partial charge in [-0.3, -0.25) is 15.0 Å². The highest BCUT2D eigenvalue weighted by molar-refractivity contribution is 6.03. The Morgan fingerprint density at radius 1 is 1.16 bits per heavy atom. The third kappa shape index (κ3) is 4.78. The van der Waals surface area contributed by atoms with Gasteiger partial charge in [0.2, 0.25) is 0 Å². The van der Waals surface area contributed by atoms with E-state index in [0.717, 1.165) is 38.7 Å². The molecule has 1 N–H and O–H groups in total. The molecule has 0 radical (unpaired) electrons. The predicted molar refractivity (Wildman–Crippen MR) is 123 cm³/mol. The van der Waals surface area contributed by atoms with Gasteiger partial charge in [0.25, 0.3) is 5.91 Å². The van der Waals surface area contributed by atoms with E-state index in [1.807, 2.05) is 30.0 Å². The number of ether oxygens (including phenoxy) is 1. The molecule has 3 heterocycles. The quantitative estimate of drug-likeness (QED) is 0.635. The summed E-state index contributed by atoms with van der Waals surface area (Å²) in [6, 6.07) is 9.39. The van der Waals surface area contributed by atoms with E-state index >= 15 is 0 Å². The standard InChI is InChI=1S/C23H32N6O3/c1-3-32-17-16-29-19-20(26(2)23(31)25-21(19)30)24-22(29)28-14-12-27(13-15-28)11-7-10-18-8-5-4-6-9-18/h4-10,19-20H,3,11-17H2,1-2H3,(H,25,30,31)/b10-7-. The fourth-order valence-corrected chi connectivity index (χ4v) is 4.35. The summed E-state index contributed by atoms with van der Waals surface area (Å²) >= 11 is 0. The number of nitrogens with zero attached hydrogens (tertiary/aromatic N) is 5. The molecule has 2 atom stereocenters. The van der Waals surface area contributed by atoms with Crippen LogP contribution in [0.3, 0.4) is 0 Å². The number of urea groups is 1. The summed E-state index contributed by atoms with van der Waals surface area (Å²) in [4.78, 5) is 37.7. The van der Waals surface area contributed by atoms with Crippen LogP contribution in [0.25, 0.3) is 6.08 Å². The van der Waals surface area contributed by atoms with Crippen LogP contribution in [-0.4, -0.2) is 109 Å². The number of nitrogens with one attached hydrogen (secondary N) is 1. The van der Waals surface area contributed by atoms with Crippen molar-refractivity contribution in [3.05, 3.63) is 42.0 Å². The van der Waals surface area contributed by atoms with Crippen molar-refractivity contribution in [1.29, 1.82) is 0 Å². The molecule has 3 amide bonds. The minimum Gasteiger partial charge on any atom is -0.380 e. The molecule has 172 valence electrons. The molecular weight excluding hydrogens is 408 g/mol. The van der Waals surface area contributed by atoms with Gasteiger partial charge in [-0.05, 0) is 12.5 Å². The largest absolute Gasteiger partial charge is 0.380 e. The molecule has 2 unspecified atom stereocenters. The summed E-state index contributed by atoms with van der Waals surface area (Å²) < 4.78 is 5.55. The average Bonchev–Trinajstić information content (AvgIpc) is 3.19. The van der Waals surface area contributed by atoms with Gasteiger partial charge in [0.15, 0.2) is 18.2 Å². The number of rotatable bonds is 7. The van der Waals surface area contributed by atoms with Crippen LogP contribution in [0.15, 0.2) is 41.4 Å². The van der Waals surface area contributed by atoms with Gasteiger partial charge in [0.1, 0.15) is 0 Å². The maximum atomic E-state index is 12.6. The molecule has 0 bridgehead atoms. The maximum absolute atomic E-state index is 12.6. The Hall–Kier alpha value is -2.91. The zero-order chi connectivity index (χ0) is 22.5. The van der Waals surface area contributed by atoms with Gasteiger partial charge < -0.3 is 19.4 Å². The van der Waals surface area contributed by atoms with Crippen LogP contribution < -0.4 is 5.32 Å². The first-order valence-electron chi connectivity index (χ1n) is 11.3. The first kappa shape index (κ1) is 22.3. The van der Waals surface area contributed by atoms with Crippen LogP contribution in [0.5, 0.6) is 0 Å². The number of imide groups is 1. The van der Waals surface area contributed by atoms with Gasteiger partial charge in [-0.2, -0.15) is 0 Å². The lowest BCUT2D eigenvalue weighted by Crippen LogP contribution is -2.65. The number of aliphatic imine (C=N–C) groups is 1. The van der Waals surface area contributed by atoms with Crippen molar-refractivity contribution in [2.24, 2.45) is 4.99 Å². The summed E-state index contributed by atoms with van der Waals surface area (Å²) in [6.07, 6.45) is 3.85. The number of carbonyl (C=O) groups excluding carboxylic acids is 2. The number of piperazine rings is 1. The van der Waals surface area contributed by atoms with Crippen LogP contribution in [0.1, 0.15) is 12.5 Å². The zero-order valence-electron chi connectivity index (χ0n) is 18.8. The molecule has 0 spiro atoms. The van der Waals surface area contributed by atoms with Crippen molar-refractivity contribution in [1.82, 2.24) is 24.9 Å². The van der Waals surface area contributed by atoms with Gasteiger partial charge in [-0.1, -0.05) is 42.5 Å². The molecule has 9 heteroatoms. The van der Waals surface area contributed by atoms with Gasteiger partial charge in [-0.25, -0.2) is 9.79 Å². The maximum Gasteiger partial charge on any atom is 0.325 e. The van der Waals surface area contributed by atoms with Crippen molar-refractivity contribution >= 4 is 24.0 Å². The van der Waals surface area contributed by atoms with E-state index in [1.54, 1.807) is 7.05 Å². The van der Waals surface area contributed by atoms with Crippen molar-refractivity contribution in [3.8, 4) is 0 Å². The Kier molecular flexibility index (Phi) is 7.06. The third-order valence-corrected chi connectivity index (χ3v) is 6.15.